The van der Waals surface area contributed by atoms with Crippen molar-refractivity contribution in [3.05, 3.63) is 68.8 Å². The Bertz CT molecular complexity index is 837. The Morgan fingerprint density at radius 2 is 1.78 bits per heavy atom. The maximum atomic E-state index is 12.7. The van der Waals surface area contributed by atoms with Crippen molar-refractivity contribution in [2.24, 2.45) is 0 Å². The van der Waals surface area contributed by atoms with Gasteiger partial charge in [0.1, 0.15) is 5.56 Å². The molecule has 0 aliphatic carbocycles. The molecule has 0 bridgehead atoms. The zero-order valence-electron chi connectivity index (χ0n) is 15.8. The molecule has 1 aliphatic heterocycles. The summed E-state index contributed by atoms with van der Waals surface area (Å²) in [5.41, 5.74) is 4.48. The number of benzene rings is 2. The van der Waals surface area contributed by atoms with E-state index in [2.05, 4.69) is 37.4 Å². The number of nitrogens with zero attached hydrogens (tertiary/aromatic N) is 2. The minimum Gasteiger partial charge on any atom is -0.385 e. The van der Waals surface area contributed by atoms with Gasteiger partial charge in [0.2, 0.25) is 0 Å². The van der Waals surface area contributed by atoms with Gasteiger partial charge in [0.15, 0.2) is 0 Å². The van der Waals surface area contributed by atoms with E-state index in [1.165, 1.54) is 22.8 Å². The summed E-state index contributed by atoms with van der Waals surface area (Å²) in [4.78, 5) is 25.2. The zero-order chi connectivity index (χ0) is 19.4. The van der Waals surface area contributed by atoms with Crippen LogP contribution in [0, 0.1) is 24.0 Å². The fourth-order valence-corrected chi connectivity index (χ4v) is 3.63. The Balaban J connectivity index is 1.72. The predicted molar refractivity (Wildman–Crippen MR) is 106 cm³/mol. The second-order valence-electron chi connectivity index (χ2n) is 7.16. The molecule has 0 unspecified atom stereocenters. The summed E-state index contributed by atoms with van der Waals surface area (Å²) in [6, 6.07) is 11.2. The van der Waals surface area contributed by atoms with Gasteiger partial charge in [-0.1, -0.05) is 29.3 Å². The lowest BCUT2D eigenvalue weighted by molar-refractivity contribution is -0.385. The van der Waals surface area contributed by atoms with Crippen LogP contribution in [0.25, 0.3) is 0 Å². The number of nitro benzene ring substituents is 1. The first-order valence-electron chi connectivity index (χ1n) is 9.33. The van der Waals surface area contributed by atoms with Crippen molar-refractivity contribution in [3.8, 4) is 0 Å². The van der Waals surface area contributed by atoms with Gasteiger partial charge in [0.05, 0.1) is 4.92 Å². The minimum atomic E-state index is -0.484. The highest BCUT2D eigenvalue weighted by atomic mass is 16.6. The third-order valence-electron chi connectivity index (χ3n) is 4.84. The second kappa shape index (κ2) is 8.20. The highest BCUT2D eigenvalue weighted by Crippen LogP contribution is 2.25. The van der Waals surface area contributed by atoms with Crippen LogP contribution in [0.3, 0.4) is 0 Å². The largest absolute Gasteiger partial charge is 0.385 e. The van der Waals surface area contributed by atoms with Crippen LogP contribution in [0.4, 0.5) is 11.4 Å². The molecule has 0 radical (unpaired) electrons. The van der Waals surface area contributed by atoms with Crippen molar-refractivity contribution in [1.29, 1.82) is 0 Å². The number of amides is 1. The van der Waals surface area contributed by atoms with Gasteiger partial charge in [-0.15, -0.1) is 0 Å². The van der Waals surface area contributed by atoms with Crippen LogP contribution < -0.4 is 5.32 Å². The van der Waals surface area contributed by atoms with Crippen LogP contribution in [0.2, 0.25) is 0 Å². The zero-order valence-corrected chi connectivity index (χ0v) is 15.8. The molecule has 1 aliphatic rings. The minimum absolute atomic E-state index is 0.133. The molecule has 1 fully saturated rings. The Kier molecular flexibility index (Phi) is 5.74. The number of rotatable bonds is 6. The van der Waals surface area contributed by atoms with Crippen molar-refractivity contribution in [3.63, 3.8) is 0 Å². The van der Waals surface area contributed by atoms with Crippen molar-refractivity contribution >= 4 is 17.3 Å². The lowest BCUT2D eigenvalue weighted by Crippen LogP contribution is -2.28. The molecule has 0 saturated carbocycles. The first-order valence-corrected chi connectivity index (χ1v) is 9.33. The standard InChI is InChI=1S/C21H25N3O3/c1-15-11-16(2)13-17(12-15)7-8-22-18-5-6-20(24(26)27)19(14-18)21(25)23-9-3-4-10-23/h5-6,11-14,22H,3-4,7-10H2,1-2H3. The lowest BCUT2D eigenvalue weighted by Gasteiger charge is -2.16. The molecule has 0 spiro atoms. The van der Waals surface area contributed by atoms with Crippen LogP contribution in [0.5, 0.6) is 0 Å². The maximum absolute atomic E-state index is 12.7. The van der Waals surface area contributed by atoms with Gasteiger partial charge in [-0.2, -0.15) is 0 Å². The highest BCUT2D eigenvalue weighted by Gasteiger charge is 2.26. The molecule has 2 aromatic rings. The topological polar surface area (TPSA) is 75.5 Å². The van der Waals surface area contributed by atoms with E-state index in [0.29, 0.717) is 19.6 Å². The number of nitro groups is 1. The molecule has 0 atom stereocenters. The summed E-state index contributed by atoms with van der Waals surface area (Å²) < 4.78 is 0. The molecule has 6 heteroatoms. The fraction of sp³-hybridized carbons (Fsp3) is 0.381. The van der Waals surface area contributed by atoms with Crippen LogP contribution >= 0.6 is 0 Å². The van der Waals surface area contributed by atoms with Crippen LogP contribution in [-0.2, 0) is 6.42 Å². The summed E-state index contributed by atoms with van der Waals surface area (Å²) in [6.07, 6.45) is 2.75. The first kappa shape index (κ1) is 18.9. The number of aryl methyl sites for hydroxylation is 2. The van der Waals surface area contributed by atoms with Crippen LogP contribution in [0.15, 0.2) is 36.4 Å². The van der Waals surface area contributed by atoms with Crippen LogP contribution in [0.1, 0.15) is 39.9 Å². The van der Waals surface area contributed by atoms with Gasteiger partial charge < -0.3 is 10.2 Å². The van der Waals surface area contributed by atoms with E-state index < -0.39 is 4.92 Å². The Hall–Kier alpha value is -2.89. The molecule has 142 valence electrons. The number of likely N-dealkylation sites (tertiary alicyclic amines) is 1. The molecule has 3 rings (SSSR count). The van der Waals surface area contributed by atoms with E-state index >= 15 is 0 Å². The van der Waals surface area contributed by atoms with Crippen molar-refractivity contribution in [2.45, 2.75) is 33.1 Å². The lowest BCUT2D eigenvalue weighted by atomic mass is 10.0. The van der Waals surface area contributed by atoms with Crippen LogP contribution in [-0.4, -0.2) is 35.4 Å². The number of nitrogens with one attached hydrogen (secondary N) is 1. The molecule has 0 aromatic heterocycles. The summed E-state index contributed by atoms with van der Waals surface area (Å²) in [5, 5.41) is 14.6. The van der Waals surface area contributed by atoms with E-state index in [9.17, 15) is 14.9 Å². The number of carbonyl (C=O) groups excluding carboxylic acids is 1. The second-order valence-corrected chi connectivity index (χ2v) is 7.16. The van der Waals surface area contributed by atoms with Gasteiger partial charge in [-0.05, 0) is 50.8 Å². The van der Waals surface area contributed by atoms with E-state index in [0.717, 1.165) is 24.9 Å². The normalized spacial score (nSPS) is 13.6. The SMILES string of the molecule is Cc1cc(C)cc(CCNc2ccc([N+](=O)[O-])c(C(=O)N3CCCC3)c2)c1. The quantitative estimate of drug-likeness (QED) is 0.616. The molecule has 2 aromatic carbocycles. The monoisotopic (exact) mass is 367 g/mol. The average Bonchev–Trinajstić information content (AvgIpc) is 3.14. The molecule has 6 nitrogen and oxygen atoms in total. The summed E-state index contributed by atoms with van der Waals surface area (Å²) >= 11 is 0. The molecule has 1 saturated heterocycles. The number of carbonyl (C=O) groups is 1. The summed E-state index contributed by atoms with van der Waals surface area (Å²) in [7, 11) is 0. The molecular weight excluding hydrogens is 342 g/mol. The van der Waals surface area contributed by atoms with Gasteiger partial charge >= 0.3 is 0 Å². The average molecular weight is 367 g/mol. The van der Waals surface area contributed by atoms with Gasteiger partial charge in [-0.3, -0.25) is 14.9 Å². The fourth-order valence-electron chi connectivity index (χ4n) is 3.63. The van der Waals surface area contributed by atoms with E-state index in [1.54, 1.807) is 17.0 Å². The molecule has 1 N–H and O–H groups in total. The Morgan fingerprint density at radius 1 is 1.11 bits per heavy atom. The first-order chi connectivity index (χ1) is 12.9. The number of hydrogen-bond acceptors (Lipinski definition) is 4. The van der Waals surface area contributed by atoms with E-state index in [1.807, 2.05) is 0 Å². The molecular formula is C21H25N3O3. The summed E-state index contributed by atoms with van der Waals surface area (Å²) in [6.45, 7) is 6.19. The third kappa shape index (κ3) is 4.64. The van der Waals surface area contributed by atoms with Crippen molar-refractivity contribution < 1.29 is 9.72 Å². The van der Waals surface area contributed by atoms with Crippen molar-refractivity contribution in [1.82, 2.24) is 4.90 Å². The highest BCUT2D eigenvalue weighted by molar-refractivity contribution is 5.99. The van der Waals surface area contributed by atoms with E-state index in [-0.39, 0.29) is 17.2 Å². The van der Waals surface area contributed by atoms with E-state index in [4.69, 9.17) is 0 Å². The molecule has 1 amide bonds. The number of hydrogen-bond donors (Lipinski definition) is 1. The predicted octanol–water partition coefficient (Wildman–Crippen LogP) is 4.10. The van der Waals surface area contributed by atoms with Gasteiger partial charge in [0, 0.05) is 31.4 Å². The number of anilines is 1. The van der Waals surface area contributed by atoms with Gasteiger partial charge in [0.25, 0.3) is 11.6 Å². The molecule has 1 heterocycles. The molecule has 27 heavy (non-hydrogen) atoms. The summed E-state index contributed by atoms with van der Waals surface area (Å²) in [5.74, 6) is -0.253. The van der Waals surface area contributed by atoms with Gasteiger partial charge in [-0.25, -0.2) is 0 Å². The smallest absolute Gasteiger partial charge is 0.282 e. The van der Waals surface area contributed by atoms with Crippen molar-refractivity contribution in [2.75, 3.05) is 25.0 Å². The Morgan fingerprint density at radius 3 is 2.41 bits per heavy atom. The maximum Gasteiger partial charge on any atom is 0.282 e. The Labute approximate surface area is 159 Å². The third-order valence-corrected chi connectivity index (χ3v) is 4.84.